The Bertz CT molecular complexity index is 632. The minimum atomic E-state index is -3.47. The van der Waals surface area contributed by atoms with Crippen LogP contribution in [0.5, 0.6) is 0 Å². The normalized spacial score (nSPS) is 19.0. The van der Waals surface area contributed by atoms with Gasteiger partial charge in [-0.05, 0) is 43.7 Å². The summed E-state index contributed by atoms with van der Waals surface area (Å²) in [7, 11) is -3.47. The molecule has 4 nitrogen and oxygen atoms in total. The lowest BCUT2D eigenvalue weighted by Crippen LogP contribution is -2.35. The molecule has 1 N–H and O–H groups in total. The predicted molar refractivity (Wildman–Crippen MR) is 87.1 cm³/mol. The van der Waals surface area contributed by atoms with E-state index in [2.05, 4.69) is 4.72 Å². The molecule has 0 spiro atoms. The lowest BCUT2D eigenvalue weighted by atomic mass is 9.76. The molecule has 1 atom stereocenters. The van der Waals surface area contributed by atoms with E-state index in [0.29, 0.717) is 23.6 Å². The van der Waals surface area contributed by atoms with Gasteiger partial charge in [-0.1, -0.05) is 31.5 Å². The second-order valence-corrected chi connectivity index (χ2v) is 8.81. The first kappa shape index (κ1) is 17.2. The van der Waals surface area contributed by atoms with Crippen molar-refractivity contribution in [2.45, 2.75) is 51.3 Å². The molecule has 1 aliphatic carbocycles. The van der Waals surface area contributed by atoms with Crippen molar-refractivity contribution in [1.29, 1.82) is 0 Å². The largest absolute Gasteiger partial charge is 0.299 e. The van der Waals surface area contributed by atoms with E-state index in [0.717, 1.165) is 24.8 Å². The number of carbonyl (C=O) groups excluding carboxylic acids is 1. The summed E-state index contributed by atoms with van der Waals surface area (Å²) in [5.41, 5.74) is 0.873. The summed E-state index contributed by atoms with van der Waals surface area (Å²) >= 11 is 0. The van der Waals surface area contributed by atoms with Gasteiger partial charge in [-0.25, -0.2) is 13.1 Å². The van der Waals surface area contributed by atoms with Gasteiger partial charge in [-0.2, -0.15) is 0 Å². The second-order valence-electron chi connectivity index (χ2n) is 7.04. The molecule has 0 bridgehead atoms. The third-order valence-corrected chi connectivity index (χ3v) is 5.85. The lowest BCUT2D eigenvalue weighted by molar-refractivity contribution is -0.129. The Balaban J connectivity index is 1.89. The molecule has 5 heteroatoms. The molecule has 0 aromatic heterocycles. The molecule has 0 aliphatic heterocycles. The standard InChI is InChI=1S/C17H25NO3S/c1-13-4-7-15(8-5-13)22(20,21)18-12-17(2,3)11-10-14-6-9-16(14)19/h4-5,7-8,14,18H,6,9-12H2,1-3H3. The molecule has 2 rings (SSSR count). The van der Waals surface area contributed by atoms with Gasteiger partial charge in [0, 0.05) is 18.9 Å². The molecule has 122 valence electrons. The molecule has 1 fully saturated rings. The van der Waals surface area contributed by atoms with Gasteiger partial charge < -0.3 is 0 Å². The number of nitrogens with one attached hydrogen (secondary N) is 1. The number of ketones is 1. The smallest absolute Gasteiger partial charge is 0.240 e. The predicted octanol–water partition coefficient (Wildman–Crippen LogP) is 3.06. The SMILES string of the molecule is Cc1ccc(S(=O)(=O)NCC(C)(C)CCC2CCC2=O)cc1. The van der Waals surface area contributed by atoms with Gasteiger partial charge in [0.2, 0.25) is 10.0 Å². The van der Waals surface area contributed by atoms with Gasteiger partial charge >= 0.3 is 0 Å². The minimum absolute atomic E-state index is 0.159. The molecule has 1 unspecified atom stereocenters. The van der Waals surface area contributed by atoms with Crippen LogP contribution >= 0.6 is 0 Å². The number of carbonyl (C=O) groups is 1. The molecule has 0 radical (unpaired) electrons. The number of sulfonamides is 1. The zero-order chi connectivity index (χ0) is 16.4. The Morgan fingerprint density at radius 1 is 1.23 bits per heavy atom. The first-order valence-corrected chi connectivity index (χ1v) is 9.27. The fourth-order valence-corrected chi connectivity index (χ4v) is 3.76. The maximum Gasteiger partial charge on any atom is 0.240 e. The summed E-state index contributed by atoms with van der Waals surface area (Å²) in [6, 6.07) is 6.83. The van der Waals surface area contributed by atoms with Crippen molar-refractivity contribution in [2.24, 2.45) is 11.3 Å². The number of aryl methyl sites for hydroxylation is 1. The molecule has 1 aromatic carbocycles. The molecule has 1 aliphatic rings. The monoisotopic (exact) mass is 323 g/mol. The third kappa shape index (κ3) is 4.40. The van der Waals surface area contributed by atoms with E-state index in [9.17, 15) is 13.2 Å². The van der Waals surface area contributed by atoms with E-state index >= 15 is 0 Å². The van der Waals surface area contributed by atoms with Gasteiger partial charge in [-0.3, -0.25) is 4.79 Å². The quantitative estimate of drug-likeness (QED) is 0.839. The van der Waals surface area contributed by atoms with Crippen LogP contribution < -0.4 is 4.72 Å². The molecular formula is C17H25NO3S. The Kier molecular flexibility index (Phi) is 5.07. The van der Waals surface area contributed by atoms with Crippen molar-refractivity contribution < 1.29 is 13.2 Å². The van der Waals surface area contributed by atoms with Gasteiger partial charge in [0.1, 0.15) is 5.78 Å². The molecule has 1 saturated carbocycles. The van der Waals surface area contributed by atoms with Crippen molar-refractivity contribution in [3.63, 3.8) is 0 Å². The Morgan fingerprint density at radius 3 is 2.36 bits per heavy atom. The summed E-state index contributed by atoms with van der Waals surface area (Å²) < 4.78 is 27.3. The summed E-state index contributed by atoms with van der Waals surface area (Å²) in [6.07, 6.45) is 3.41. The molecule has 0 amide bonds. The van der Waals surface area contributed by atoms with E-state index in [4.69, 9.17) is 0 Å². The lowest BCUT2D eigenvalue weighted by Gasteiger charge is -2.30. The summed E-state index contributed by atoms with van der Waals surface area (Å²) in [6.45, 7) is 6.38. The van der Waals surface area contributed by atoms with Gasteiger partial charge in [-0.15, -0.1) is 0 Å². The fourth-order valence-electron chi connectivity index (χ4n) is 2.52. The first-order valence-electron chi connectivity index (χ1n) is 7.79. The van der Waals surface area contributed by atoms with E-state index in [-0.39, 0.29) is 11.3 Å². The van der Waals surface area contributed by atoms with Crippen LogP contribution in [0, 0.1) is 18.3 Å². The maximum absolute atomic E-state index is 12.3. The summed E-state index contributed by atoms with van der Waals surface area (Å²) in [5.74, 6) is 0.559. The Labute approximate surface area is 133 Å². The van der Waals surface area contributed by atoms with Crippen LogP contribution in [0.1, 0.15) is 45.1 Å². The van der Waals surface area contributed by atoms with E-state index in [1.165, 1.54) is 0 Å². The number of hydrogen-bond donors (Lipinski definition) is 1. The average molecular weight is 323 g/mol. The van der Waals surface area contributed by atoms with Crippen LogP contribution in [-0.2, 0) is 14.8 Å². The van der Waals surface area contributed by atoms with Gasteiger partial charge in [0.05, 0.1) is 4.90 Å². The van der Waals surface area contributed by atoms with Crippen molar-refractivity contribution >= 4 is 15.8 Å². The summed E-state index contributed by atoms with van der Waals surface area (Å²) in [4.78, 5) is 11.7. The van der Waals surface area contributed by atoms with Crippen molar-refractivity contribution in [2.75, 3.05) is 6.54 Å². The molecule has 22 heavy (non-hydrogen) atoms. The van der Waals surface area contributed by atoms with Crippen LogP contribution in [0.15, 0.2) is 29.2 Å². The highest BCUT2D eigenvalue weighted by molar-refractivity contribution is 7.89. The van der Waals surface area contributed by atoms with Crippen molar-refractivity contribution in [3.05, 3.63) is 29.8 Å². The van der Waals surface area contributed by atoms with E-state index in [1.54, 1.807) is 24.3 Å². The summed E-state index contributed by atoms with van der Waals surface area (Å²) in [5, 5.41) is 0. The Morgan fingerprint density at radius 2 is 1.86 bits per heavy atom. The molecule has 0 saturated heterocycles. The highest BCUT2D eigenvalue weighted by atomic mass is 32.2. The number of hydrogen-bond acceptors (Lipinski definition) is 3. The Hall–Kier alpha value is -1.20. The zero-order valence-corrected chi connectivity index (χ0v) is 14.4. The van der Waals surface area contributed by atoms with Crippen LogP contribution in [-0.4, -0.2) is 20.7 Å². The highest BCUT2D eigenvalue weighted by Crippen LogP contribution is 2.32. The molecule has 1 aromatic rings. The van der Waals surface area contributed by atoms with Crippen LogP contribution in [0.25, 0.3) is 0 Å². The number of rotatable bonds is 7. The fraction of sp³-hybridized carbons (Fsp3) is 0.588. The number of benzene rings is 1. The topological polar surface area (TPSA) is 63.2 Å². The van der Waals surface area contributed by atoms with Gasteiger partial charge in [0.15, 0.2) is 0 Å². The van der Waals surface area contributed by atoms with Gasteiger partial charge in [0.25, 0.3) is 0 Å². The van der Waals surface area contributed by atoms with Crippen molar-refractivity contribution in [3.8, 4) is 0 Å². The number of Topliss-reactive ketones (excluding diaryl/α,β-unsaturated/α-hetero) is 1. The highest BCUT2D eigenvalue weighted by Gasteiger charge is 2.30. The average Bonchev–Trinajstić information content (AvgIpc) is 2.44. The van der Waals surface area contributed by atoms with E-state index in [1.807, 2.05) is 20.8 Å². The van der Waals surface area contributed by atoms with Crippen LogP contribution in [0.2, 0.25) is 0 Å². The van der Waals surface area contributed by atoms with Crippen LogP contribution in [0.3, 0.4) is 0 Å². The zero-order valence-electron chi connectivity index (χ0n) is 13.6. The first-order chi connectivity index (χ1) is 10.2. The third-order valence-electron chi connectivity index (χ3n) is 4.44. The van der Waals surface area contributed by atoms with E-state index < -0.39 is 10.0 Å². The van der Waals surface area contributed by atoms with Crippen LogP contribution in [0.4, 0.5) is 0 Å². The molecule has 0 heterocycles. The maximum atomic E-state index is 12.3. The van der Waals surface area contributed by atoms with Crippen molar-refractivity contribution in [1.82, 2.24) is 4.72 Å². The minimum Gasteiger partial charge on any atom is -0.299 e. The second kappa shape index (κ2) is 6.50. The molecular weight excluding hydrogens is 298 g/mol.